The van der Waals surface area contributed by atoms with Crippen molar-refractivity contribution in [3.8, 4) is 17.3 Å². The van der Waals surface area contributed by atoms with E-state index in [4.69, 9.17) is 9.47 Å². The predicted molar refractivity (Wildman–Crippen MR) is 140 cm³/mol. The highest BCUT2D eigenvalue weighted by Crippen LogP contribution is 2.33. The number of likely N-dealkylation sites (tertiary alicyclic amines) is 1. The molecule has 2 aromatic rings. The maximum atomic E-state index is 14.8. The van der Waals surface area contributed by atoms with Gasteiger partial charge in [0.05, 0.1) is 29.5 Å². The molecule has 198 valence electrons. The fraction of sp³-hybridized carbons (Fsp3) is 0.621. The van der Waals surface area contributed by atoms with E-state index in [-0.39, 0.29) is 5.82 Å². The minimum Gasteiger partial charge on any atom is -0.381 e. The van der Waals surface area contributed by atoms with Crippen LogP contribution in [0.1, 0.15) is 50.6 Å². The van der Waals surface area contributed by atoms with Crippen LogP contribution in [0.3, 0.4) is 0 Å². The second-order valence-electron chi connectivity index (χ2n) is 10.9. The monoisotopic (exact) mass is 507 g/mol. The quantitative estimate of drug-likeness (QED) is 0.548. The van der Waals surface area contributed by atoms with Gasteiger partial charge in [0.15, 0.2) is 5.82 Å². The molecule has 4 heterocycles. The minimum atomic E-state index is -0.454. The molecule has 5 rings (SSSR count). The van der Waals surface area contributed by atoms with E-state index < -0.39 is 5.41 Å². The van der Waals surface area contributed by atoms with E-state index in [2.05, 4.69) is 26.3 Å². The molecule has 1 aliphatic carbocycles. The molecule has 0 spiro atoms. The lowest BCUT2D eigenvalue weighted by molar-refractivity contribution is 0.0455. The first-order valence-electron chi connectivity index (χ1n) is 13.7. The average Bonchev–Trinajstić information content (AvgIpc) is 3.44. The molecule has 3 aliphatic rings. The highest BCUT2D eigenvalue weighted by molar-refractivity contribution is 5.62. The van der Waals surface area contributed by atoms with E-state index in [1.54, 1.807) is 0 Å². The molecule has 2 saturated heterocycles. The largest absolute Gasteiger partial charge is 0.381 e. The molecule has 0 unspecified atom stereocenters. The summed E-state index contributed by atoms with van der Waals surface area (Å²) in [6.07, 6.45) is 9.90. The summed E-state index contributed by atoms with van der Waals surface area (Å²) < 4.78 is 25.8. The number of nitrogens with one attached hydrogen (secondary N) is 1. The lowest BCUT2D eigenvalue weighted by atomic mass is 9.82. The van der Waals surface area contributed by atoms with Crippen LogP contribution in [0.5, 0.6) is 0 Å². The van der Waals surface area contributed by atoms with Crippen molar-refractivity contribution >= 4 is 5.82 Å². The zero-order chi connectivity index (χ0) is 25.7. The molecular weight excluding hydrogens is 469 g/mol. The fourth-order valence-corrected chi connectivity index (χ4v) is 6.11. The van der Waals surface area contributed by atoms with Gasteiger partial charge in [-0.2, -0.15) is 5.26 Å². The van der Waals surface area contributed by atoms with Crippen LogP contribution in [0.25, 0.3) is 11.3 Å². The van der Waals surface area contributed by atoms with Gasteiger partial charge < -0.3 is 14.8 Å². The second kappa shape index (κ2) is 11.8. The van der Waals surface area contributed by atoms with Crippen molar-refractivity contribution < 1.29 is 13.9 Å². The predicted octanol–water partition coefficient (Wildman–Crippen LogP) is 4.84. The van der Waals surface area contributed by atoms with Crippen LogP contribution < -0.4 is 5.32 Å². The first kappa shape index (κ1) is 26.0. The number of halogens is 1. The fourth-order valence-electron chi connectivity index (χ4n) is 6.11. The number of anilines is 1. The number of ether oxygens (including phenoxy) is 2. The maximum absolute atomic E-state index is 14.8. The molecule has 1 saturated carbocycles. The Morgan fingerprint density at radius 1 is 1.22 bits per heavy atom. The van der Waals surface area contributed by atoms with Crippen LogP contribution in [-0.4, -0.2) is 67.0 Å². The number of nitrogens with zero attached hydrogens (tertiary/aromatic N) is 4. The van der Waals surface area contributed by atoms with Crippen molar-refractivity contribution in [3.05, 3.63) is 42.0 Å². The first-order valence-corrected chi connectivity index (χ1v) is 13.7. The number of aromatic nitrogens is 2. The Morgan fingerprint density at radius 2 is 2.03 bits per heavy atom. The number of rotatable bonds is 8. The summed E-state index contributed by atoms with van der Waals surface area (Å²) in [7, 11) is 1.81. The van der Waals surface area contributed by atoms with E-state index in [0.29, 0.717) is 67.7 Å². The van der Waals surface area contributed by atoms with Crippen molar-refractivity contribution in [2.24, 2.45) is 11.3 Å². The molecule has 37 heavy (non-hydrogen) atoms. The molecule has 0 aromatic carbocycles. The minimum absolute atomic E-state index is 0.364. The molecule has 0 bridgehead atoms. The van der Waals surface area contributed by atoms with Gasteiger partial charge in [-0.05, 0) is 75.5 Å². The number of hydrogen-bond acceptors (Lipinski definition) is 7. The van der Waals surface area contributed by atoms with Gasteiger partial charge in [0.1, 0.15) is 5.82 Å². The molecule has 0 amide bonds. The molecule has 3 fully saturated rings. The Bertz CT molecular complexity index is 1090. The third kappa shape index (κ3) is 6.28. The summed E-state index contributed by atoms with van der Waals surface area (Å²) in [5.41, 5.74) is 1.52. The van der Waals surface area contributed by atoms with Crippen LogP contribution in [0.4, 0.5) is 10.2 Å². The molecule has 2 aliphatic heterocycles. The van der Waals surface area contributed by atoms with Gasteiger partial charge in [0.25, 0.3) is 0 Å². The molecular formula is C29H38FN5O2. The Hall–Kier alpha value is -2.60. The zero-order valence-corrected chi connectivity index (χ0v) is 21.8. The molecule has 1 atom stereocenters. The lowest BCUT2D eigenvalue weighted by Gasteiger charge is -2.34. The van der Waals surface area contributed by atoms with Crippen LogP contribution in [0.15, 0.2) is 30.5 Å². The molecule has 2 aromatic heterocycles. The SMILES string of the molecule is CO[C@H]1CCN(C2CCC(Cc3cc(-c4cccc(NCC5(C#N)CCOCC5)n4)c(F)cn3)CC2)C1. The Kier molecular flexibility index (Phi) is 8.33. The molecule has 1 N–H and O–H groups in total. The van der Waals surface area contributed by atoms with Gasteiger partial charge in [-0.15, -0.1) is 0 Å². The van der Waals surface area contributed by atoms with Gasteiger partial charge in [-0.1, -0.05) is 6.07 Å². The summed E-state index contributed by atoms with van der Waals surface area (Å²) in [5.74, 6) is 0.856. The highest BCUT2D eigenvalue weighted by atomic mass is 19.1. The topological polar surface area (TPSA) is 83.3 Å². The zero-order valence-electron chi connectivity index (χ0n) is 21.8. The summed E-state index contributed by atoms with van der Waals surface area (Å²) in [6, 6.07) is 10.6. The summed E-state index contributed by atoms with van der Waals surface area (Å²) >= 11 is 0. The first-order chi connectivity index (χ1) is 18.1. The maximum Gasteiger partial charge on any atom is 0.150 e. The number of hydrogen-bond donors (Lipinski definition) is 1. The van der Waals surface area contributed by atoms with Gasteiger partial charge in [0.2, 0.25) is 0 Å². The van der Waals surface area contributed by atoms with Crippen molar-refractivity contribution in [3.63, 3.8) is 0 Å². The standard InChI is InChI=1S/C29H38FN5O2/c1-36-24-9-12-35(18-24)23-7-5-21(6-8-23)15-22-16-25(26(30)17-32-22)27-3-2-4-28(34-27)33-20-29(19-31)10-13-37-14-11-29/h2-4,16-17,21,23-24H,5-15,18,20H2,1H3,(H,33,34)/t21?,23?,24-/m0/s1. The van der Waals surface area contributed by atoms with Crippen molar-refractivity contribution in [2.75, 3.05) is 45.3 Å². The van der Waals surface area contributed by atoms with Gasteiger partial charge in [-0.25, -0.2) is 9.37 Å². The lowest BCUT2D eigenvalue weighted by Crippen LogP contribution is -2.37. The van der Waals surface area contributed by atoms with E-state index in [0.717, 1.165) is 31.6 Å². The third-order valence-corrected chi connectivity index (χ3v) is 8.57. The van der Waals surface area contributed by atoms with Crippen molar-refractivity contribution in [1.29, 1.82) is 5.26 Å². The highest BCUT2D eigenvalue weighted by Gasteiger charge is 2.33. The van der Waals surface area contributed by atoms with Gasteiger partial charge >= 0.3 is 0 Å². The molecule has 8 heteroatoms. The second-order valence-corrected chi connectivity index (χ2v) is 10.9. The van der Waals surface area contributed by atoms with E-state index in [1.165, 1.54) is 31.9 Å². The van der Waals surface area contributed by atoms with Gasteiger partial charge in [0, 0.05) is 57.3 Å². The number of methoxy groups -OCH3 is 1. The van der Waals surface area contributed by atoms with E-state index in [9.17, 15) is 9.65 Å². The normalized spacial score (nSPS) is 26.0. The molecule has 0 radical (unpaired) electrons. The average molecular weight is 508 g/mol. The summed E-state index contributed by atoms with van der Waals surface area (Å²) in [5, 5.41) is 13.0. The smallest absolute Gasteiger partial charge is 0.150 e. The van der Waals surface area contributed by atoms with E-state index >= 15 is 0 Å². The Labute approximate surface area is 219 Å². The molecule has 7 nitrogen and oxygen atoms in total. The van der Waals surface area contributed by atoms with Crippen LogP contribution in [0.2, 0.25) is 0 Å². The third-order valence-electron chi connectivity index (χ3n) is 8.57. The van der Waals surface area contributed by atoms with Crippen LogP contribution >= 0.6 is 0 Å². The Morgan fingerprint density at radius 3 is 2.76 bits per heavy atom. The number of nitriles is 1. The van der Waals surface area contributed by atoms with Crippen LogP contribution in [-0.2, 0) is 15.9 Å². The van der Waals surface area contributed by atoms with Gasteiger partial charge in [-0.3, -0.25) is 9.88 Å². The summed E-state index contributed by atoms with van der Waals surface area (Å²) in [6.45, 7) is 3.90. The van der Waals surface area contributed by atoms with Crippen molar-refractivity contribution in [1.82, 2.24) is 14.9 Å². The number of pyridine rings is 2. The Balaban J connectivity index is 1.20. The van der Waals surface area contributed by atoms with E-state index in [1.807, 2.05) is 31.4 Å². The van der Waals surface area contributed by atoms with Crippen molar-refractivity contribution in [2.45, 2.75) is 63.5 Å². The summed E-state index contributed by atoms with van der Waals surface area (Å²) in [4.78, 5) is 11.7. The van der Waals surface area contributed by atoms with Crippen LogP contribution in [0, 0.1) is 28.5 Å².